The molecule has 19 heteroatoms. The highest BCUT2D eigenvalue weighted by molar-refractivity contribution is 6.39. The predicted molar refractivity (Wildman–Crippen MR) is 284 cm³/mol. The van der Waals surface area contributed by atoms with Gasteiger partial charge in [-0.1, -0.05) is 71.1 Å². The van der Waals surface area contributed by atoms with Crippen molar-refractivity contribution in [1.82, 2.24) is 4.90 Å². The lowest BCUT2D eigenvalue weighted by molar-refractivity contribution is -0.384. The van der Waals surface area contributed by atoms with Gasteiger partial charge in [-0.05, 0) is 119 Å². The van der Waals surface area contributed by atoms with Crippen molar-refractivity contribution in [2.24, 2.45) is 35.5 Å². The Morgan fingerprint density at radius 1 is 0.857 bits per heavy atom. The number of nitro benzene ring substituents is 1. The Kier molecular flexibility index (Phi) is 23.8. The van der Waals surface area contributed by atoms with Gasteiger partial charge in [0.1, 0.15) is 36.2 Å². The number of nitro groups is 1. The van der Waals surface area contributed by atoms with Crippen LogP contribution in [0.4, 0.5) is 10.5 Å². The first-order valence-corrected chi connectivity index (χ1v) is 27.3. The monoisotopic (exact) mass is 1080 g/mol. The number of cyclic esters (lactones) is 1. The highest BCUT2D eigenvalue weighted by atomic mass is 16.7. The first kappa shape index (κ1) is 62.7. The molecule has 1 aliphatic carbocycles. The van der Waals surface area contributed by atoms with Crippen molar-refractivity contribution in [2.75, 3.05) is 27.9 Å². The fraction of sp³-hybridized carbons (Fsp3) is 0.672. The van der Waals surface area contributed by atoms with Gasteiger partial charge in [-0.25, -0.2) is 9.59 Å². The maximum absolute atomic E-state index is 14.6. The fourth-order valence-electron chi connectivity index (χ4n) is 11.3. The van der Waals surface area contributed by atoms with Crippen molar-refractivity contribution in [3.63, 3.8) is 0 Å². The molecule has 2 saturated heterocycles. The molecule has 428 valence electrons. The minimum atomic E-state index is -2.47. The summed E-state index contributed by atoms with van der Waals surface area (Å²) in [5, 5.41) is 46.6. The number of carbonyl (C=O) groups excluding carboxylic acids is 5. The molecule has 3 aliphatic heterocycles. The summed E-state index contributed by atoms with van der Waals surface area (Å²) >= 11 is 0. The Labute approximate surface area is 453 Å². The van der Waals surface area contributed by atoms with Gasteiger partial charge in [0.2, 0.25) is 5.79 Å². The number of carbonyl (C=O) groups is 5. The number of amides is 1. The van der Waals surface area contributed by atoms with Crippen LogP contribution in [0.2, 0.25) is 0 Å². The van der Waals surface area contributed by atoms with E-state index in [2.05, 4.69) is 0 Å². The second-order valence-corrected chi connectivity index (χ2v) is 22.0. The summed E-state index contributed by atoms with van der Waals surface area (Å²) in [5.41, 5.74) is 1.10. The van der Waals surface area contributed by atoms with Crippen molar-refractivity contribution in [3.8, 4) is 5.75 Å². The van der Waals surface area contributed by atoms with Crippen molar-refractivity contribution >= 4 is 35.3 Å². The number of aliphatic hydroxyl groups is 3. The van der Waals surface area contributed by atoms with E-state index in [9.17, 15) is 49.4 Å². The lowest BCUT2D eigenvalue weighted by Crippen LogP contribution is -2.61. The third-order valence-electron chi connectivity index (χ3n) is 16.1. The van der Waals surface area contributed by atoms with Gasteiger partial charge in [-0.3, -0.25) is 24.5 Å². The van der Waals surface area contributed by atoms with E-state index in [0.717, 1.165) is 5.57 Å². The Bertz CT molecular complexity index is 2300. The number of piperidine rings is 1. The van der Waals surface area contributed by atoms with Crippen LogP contribution in [0.1, 0.15) is 126 Å². The second-order valence-electron chi connectivity index (χ2n) is 22.0. The molecule has 3 fully saturated rings. The van der Waals surface area contributed by atoms with Gasteiger partial charge in [0.05, 0.1) is 29.3 Å². The number of rotatable bonds is 9. The zero-order valence-corrected chi connectivity index (χ0v) is 46.6. The van der Waals surface area contributed by atoms with E-state index in [4.69, 9.17) is 33.2 Å². The van der Waals surface area contributed by atoms with Crippen LogP contribution in [-0.4, -0.2) is 143 Å². The third-order valence-corrected chi connectivity index (χ3v) is 16.1. The number of methoxy groups -OCH3 is 3. The molecule has 2 bridgehead atoms. The number of ether oxygens (including phenoxy) is 7. The van der Waals surface area contributed by atoms with Crippen LogP contribution >= 0.6 is 0 Å². The summed E-state index contributed by atoms with van der Waals surface area (Å²) in [6.07, 6.45) is 8.02. The minimum Gasteiger partial charge on any atom is -0.460 e. The Morgan fingerprint density at radius 3 is 2.23 bits per heavy atom. The van der Waals surface area contributed by atoms with E-state index < -0.39 is 113 Å². The van der Waals surface area contributed by atoms with Gasteiger partial charge in [0, 0.05) is 70.6 Å². The number of hydrogen-bond acceptors (Lipinski definition) is 17. The number of hydrogen-bond donors (Lipinski definition) is 3. The molecule has 1 saturated carbocycles. The van der Waals surface area contributed by atoms with E-state index in [1.165, 1.54) is 43.4 Å². The lowest BCUT2D eigenvalue weighted by Gasteiger charge is -2.43. The fourth-order valence-corrected chi connectivity index (χ4v) is 11.3. The van der Waals surface area contributed by atoms with Crippen LogP contribution in [0.5, 0.6) is 5.75 Å². The smallest absolute Gasteiger partial charge is 0.460 e. The molecule has 3 N–H and O–H groups in total. The number of fused-ring (bicyclic) bond motifs is 3. The van der Waals surface area contributed by atoms with Gasteiger partial charge in [0.25, 0.3) is 17.4 Å². The number of esters is 1. The van der Waals surface area contributed by atoms with Crippen LogP contribution in [-0.2, 0) is 47.6 Å². The molecule has 19 nitrogen and oxygen atoms in total. The standard InChI is InChI=1S/C58H84N2O17/c1-34-16-12-11-13-17-35(2)48(71-8)32-44-23-19-40(7)58(68,77-44)54(64)55(65)59-27-15-14-18-45(59)56(66)75-49(33-46(61)36(3)29-39(6)52(63)53(73-10)51(62)38(5)28-34)37(4)30-41-20-26-47(50(31-41)72-9)76-57(67)74-43-24-21-42(22-25-43)60(69)70/h11-13,16-17,21-22,24-25,29,34,36-38,40-41,44-50,52-53,61,63,68H,14-15,18-20,23,26-28,30-33H2,1-10H3/b13-11+,16-12+,35-17+,39-29+/t34-,36-,37-,38-,40-,41+,44+,45+,46-,47-,48+,49+,50-,52-,53+,58-/m1/s1. The average Bonchev–Trinajstić information content (AvgIpc) is 3.41. The molecule has 0 aromatic heterocycles. The third kappa shape index (κ3) is 16.9. The summed E-state index contributed by atoms with van der Waals surface area (Å²) in [6, 6.07) is 3.82. The molecule has 1 aromatic carbocycles. The zero-order valence-electron chi connectivity index (χ0n) is 46.6. The second kappa shape index (κ2) is 29.2. The highest BCUT2D eigenvalue weighted by Crippen LogP contribution is 2.38. The summed E-state index contributed by atoms with van der Waals surface area (Å²) in [6.45, 7) is 12.7. The van der Waals surface area contributed by atoms with Gasteiger partial charge >= 0.3 is 12.1 Å². The SMILES string of the molecule is CO[C@H]1C[C@@H]2CC[C@@H](C)[C@@](O)(O2)C(=O)C(=O)N2CCCC[C@H]2C(=O)O[C@H]([C@H](C)C[C@@H]2CC[C@@H](OC(=O)Oc3ccc([N+](=O)[O-])cc3)[C@H](OC)C2)C[C@@H](O)[C@H](C)/C=C(\C)[C@@H](O)[C@@H](OC)C(=O)[C@H](C)C[C@H](C)/C=C/C=C/C=C/1C. The maximum Gasteiger partial charge on any atom is 0.514 e. The lowest BCUT2D eigenvalue weighted by atomic mass is 9.78. The Balaban J connectivity index is 1.42. The largest absolute Gasteiger partial charge is 0.514 e. The molecule has 0 unspecified atom stereocenters. The summed E-state index contributed by atoms with van der Waals surface area (Å²) in [7, 11) is 4.44. The van der Waals surface area contributed by atoms with Crippen LogP contribution in [0.15, 0.2) is 71.9 Å². The topological polar surface area (TPSA) is 257 Å². The van der Waals surface area contributed by atoms with Gasteiger partial charge < -0.3 is 53.4 Å². The van der Waals surface area contributed by atoms with Crippen LogP contribution < -0.4 is 4.74 Å². The number of allylic oxidation sites excluding steroid dienone is 5. The molecule has 16 atom stereocenters. The minimum absolute atomic E-state index is 0.00335. The molecule has 5 rings (SSSR count). The number of aliphatic hydroxyl groups excluding tert-OH is 2. The number of non-ortho nitro benzene ring substituents is 1. The van der Waals surface area contributed by atoms with E-state index in [1.807, 2.05) is 51.2 Å². The van der Waals surface area contributed by atoms with Crippen LogP contribution in [0.25, 0.3) is 0 Å². The maximum atomic E-state index is 14.6. The molecule has 4 aliphatic rings. The molecule has 0 spiro atoms. The quantitative estimate of drug-likeness (QED) is 0.0527. The zero-order chi connectivity index (χ0) is 56.7. The van der Waals surface area contributed by atoms with E-state index >= 15 is 0 Å². The van der Waals surface area contributed by atoms with Crippen LogP contribution in [0, 0.1) is 45.6 Å². The summed E-state index contributed by atoms with van der Waals surface area (Å²) < 4.78 is 40.8. The van der Waals surface area contributed by atoms with E-state index in [1.54, 1.807) is 40.9 Å². The number of ketones is 2. The normalized spacial score (nSPS) is 36.7. The first-order chi connectivity index (χ1) is 36.5. The molecule has 0 radical (unpaired) electrons. The molecular weight excluding hydrogens is 997 g/mol. The molecule has 77 heavy (non-hydrogen) atoms. The number of Topliss-reactive ketones (excluding diaryl/α,β-unsaturated/α-hetero) is 2. The summed E-state index contributed by atoms with van der Waals surface area (Å²) in [4.78, 5) is 81.7. The Morgan fingerprint density at radius 2 is 1.57 bits per heavy atom. The average molecular weight is 1080 g/mol. The van der Waals surface area contributed by atoms with Crippen molar-refractivity contribution in [3.05, 3.63) is 82.0 Å². The molecular formula is C58H84N2O17. The first-order valence-electron chi connectivity index (χ1n) is 27.3. The predicted octanol–water partition coefficient (Wildman–Crippen LogP) is 8.10. The van der Waals surface area contributed by atoms with E-state index in [0.29, 0.717) is 69.8 Å². The molecule has 3 heterocycles. The van der Waals surface area contributed by atoms with Crippen molar-refractivity contribution in [1.29, 1.82) is 0 Å². The molecule has 1 amide bonds. The van der Waals surface area contributed by atoms with E-state index in [-0.39, 0.29) is 48.4 Å². The molecule has 1 aromatic rings. The number of nitrogens with zero attached hydrogens (tertiary/aromatic N) is 2. The van der Waals surface area contributed by atoms with Crippen molar-refractivity contribution in [2.45, 2.75) is 186 Å². The Hall–Kier alpha value is -5.15. The van der Waals surface area contributed by atoms with Gasteiger partial charge in [-0.2, -0.15) is 0 Å². The van der Waals surface area contributed by atoms with Crippen LogP contribution in [0.3, 0.4) is 0 Å². The van der Waals surface area contributed by atoms with Gasteiger partial charge in [0.15, 0.2) is 5.78 Å². The van der Waals surface area contributed by atoms with Gasteiger partial charge in [-0.15, -0.1) is 0 Å². The highest BCUT2D eigenvalue weighted by Gasteiger charge is 2.53. The number of benzene rings is 1. The summed E-state index contributed by atoms with van der Waals surface area (Å²) in [5.74, 6) is -7.94. The van der Waals surface area contributed by atoms with Crippen molar-refractivity contribution < 1.29 is 77.4 Å².